The molecule has 0 aliphatic rings. The zero-order valence-corrected chi connectivity index (χ0v) is 13.7. The van der Waals surface area contributed by atoms with E-state index >= 15 is 0 Å². The minimum Gasteiger partial charge on any atom is -0.479 e. The molecule has 132 valence electrons. The monoisotopic (exact) mass is 349 g/mol. The number of halogens is 2. The summed E-state index contributed by atoms with van der Waals surface area (Å²) in [6, 6.07) is 9.38. The average molecular weight is 349 g/mol. The molecule has 0 radical (unpaired) electrons. The van der Waals surface area contributed by atoms with Crippen molar-refractivity contribution < 1.29 is 27.8 Å². The van der Waals surface area contributed by atoms with Crippen LogP contribution in [-0.2, 0) is 14.3 Å². The Balaban J connectivity index is 1.80. The summed E-state index contributed by atoms with van der Waals surface area (Å²) in [5.41, 5.74) is 0.718. The van der Waals surface area contributed by atoms with Gasteiger partial charge >= 0.3 is 5.97 Å². The van der Waals surface area contributed by atoms with Gasteiger partial charge in [0.25, 0.3) is 5.91 Å². The molecule has 0 spiro atoms. The van der Waals surface area contributed by atoms with Crippen molar-refractivity contribution in [2.24, 2.45) is 0 Å². The van der Waals surface area contributed by atoms with E-state index in [2.05, 4.69) is 5.32 Å². The SMILES string of the molecule is Cc1ccc(NC(=O)COC(=O)[C@@H](C)Oc2ccc(F)cc2)cc1F. The number of esters is 1. The fourth-order valence-electron chi connectivity index (χ4n) is 1.89. The summed E-state index contributed by atoms with van der Waals surface area (Å²) in [5.74, 6) is -1.94. The van der Waals surface area contributed by atoms with Crippen molar-refractivity contribution >= 4 is 17.6 Å². The van der Waals surface area contributed by atoms with Gasteiger partial charge in [-0.25, -0.2) is 13.6 Å². The van der Waals surface area contributed by atoms with E-state index in [0.717, 1.165) is 0 Å². The molecule has 0 saturated carbocycles. The van der Waals surface area contributed by atoms with Crippen molar-refractivity contribution in [1.82, 2.24) is 0 Å². The number of anilines is 1. The lowest BCUT2D eigenvalue weighted by Crippen LogP contribution is -2.29. The summed E-state index contributed by atoms with van der Waals surface area (Å²) in [6.07, 6.45) is -0.977. The van der Waals surface area contributed by atoms with Crippen LogP contribution in [0.2, 0.25) is 0 Å². The molecule has 1 amide bonds. The molecule has 0 unspecified atom stereocenters. The Labute approximate surface area is 143 Å². The highest BCUT2D eigenvalue weighted by Gasteiger charge is 2.18. The molecule has 7 heteroatoms. The first kappa shape index (κ1) is 18.4. The molecule has 0 aromatic heterocycles. The number of benzene rings is 2. The number of nitrogens with one attached hydrogen (secondary N) is 1. The van der Waals surface area contributed by atoms with Crippen LogP contribution in [0.5, 0.6) is 5.75 Å². The standard InChI is InChI=1S/C18H17F2NO4/c1-11-3-6-14(9-16(11)20)21-17(22)10-24-18(23)12(2)25-15-7-4-13(19)5-8-15/h3-9,12H,10H2,1-2H3,(H,21,22)/t12-/m1/s1. The zero-order valence-electron chi connectivity index (χ0n) is 13.7. The number of ether oxygens (including phenoxy) is 2. The second-order valence-electron chi connectivity index (χ2n) is 5.33. The molecule has 0 heterocycles. The third-order valence-corrected chi connectivity index (χ3v) is 3.26. The molecule has 0 fully saturated rings. The Bertz CT molecular complexity index is 762. The summed E-state index contributed by atoms with van der Waals surface area (Å²) >= 11 is 0. The molecule has 0 aliphatic carbocycles. The van der Waals surface area contributed by atoms with E-state index in [4.69, 9.17) is 9.47 Å². The molecule has 2 aromatic carbocycles. The lowest BCUT2D eigenvalue weighted by Gasteiger charge is -2.14. The Morgan fingerprint density at radius 1 is 1.12 bits per heavy atom. The summed E-state index contributed by atoms with van der Waals surface area (Å²) in [5, 5.41) is 2.42. The van der Waals surface area contributed by atoms with Crippen LogP contribution in [0.15, 0.2) is 42.5 Å². The van der Waals surface area contributed by atoms with Crippen LogP contribution in [0.3, 0.4) is 0 Å². The van der Waals surface area contributed by atoms with Crippen LogP contribution < -0.4 is 10.1 Å². The average Bonchev–Trinajstić information content (AvgIpc) is 2.58. The number of amides is 1. The fourth-order valence-corrected chi connectivity index (χ4v) is 1.89. The largest absolute Gasteiger partial charge is 0.479 e. The highest BCUT2D eigenvalue weighted by molar-refractivity contribution is 5.93. The molecular weight excluding hydrogens is 332 g/mol. The van der Waals surface area contributed by atoms with Crippen LogP contribution in [0.25, 0.3) is 0 Å². The second kappa shape index (κ2) is 8.23. The van der Waals surface area contributed by atoms with Gasteiger partial charge in [-0.2, -0.15) is 0 Å². The number of hydrogen-bond acceptors (Lipinski definition) is 4. The lowest BCUT2D eigenvalue weighted by molar-refractivity contribution is -0.153. The summed E-state index contributed by atoms with van der Waals surface area (Å²) in [6.45, 7) is 2.51. The molecule has 0 saturated heterocycles. The van der Waals surface area contributed by atoms with Crippen LogP contribution in [0, 0.1) is 18.6 Å². The molecular formula is C18H17F2NO4. The maximum atomic E-state index is 13.4. The molecule has 25 heavy (non-hydrogen) atoms. The van der Waals surface area contributed by atoms with Crippen LogP contribution >= 0.6 is 0 Å². The number of hydrogen-bond donors (Lipinski definition) is 1. The van der Waals surface area contributed by atoms with Crippen molar-refractivity contribution in [3.8, 4) is 5.75 Å². The Morgan fingerprint density at radius 3 is 2.44 bits per heavy atom. The predicted molar refractivity (Wildman–Crippen MR) is 87.2 cm³/mol. The smallest absolute Gasteiger partial charge is 0.347 e. The highest BCUT2D eigenvalue weighted by atomic mass is 19.1. The first-order chi connectivity index (χ1) is 11.8. The van der Waals surface area contributed by atoms with E-state index in [-0.39, 0.29) is 5.69 Å². The van der Waals surface area contributed by atoms with Gasteiger partial charge in [-0.3, -0.25) is 4.79 Å². The van der Waals surface area contributed by atoms with Gasteiger partial charge in [0, 0.05) is 5.69 Å². The van der Waals surface area contributed by atoms with Gasteiger partial charge in [-0.1, -0.05) is 6.07 Å². The Morgan fingerprint density at radius 2 is 1.80 bits per heavy atom. The first-order valence-corrected chi connectivity index (χ1v) is 7.50. The van der Waals surface area contributed by atoms with Gasteiger partial charge in [0.05, 0.1) is 0 Å². The predicted octanol–water partition coefficient (Wildman–Crippen LogP) is 3.22. The molecule has 1 atom stereocenters. The number of carbonyl (C=O) groups excluding carboxylic acids is 2. The number of carbonyl (C=O) groups is 2. The first-order valence-electron chi connectivity index (χ1n) is 7.50. The lowest BCUT2D eigenvalue weighted by atomic mass is 10.2. The molecule has 2 aromatic rings. The third-order valence-electron chi connectivity index (χ3n) is 3.26. The molecule has 5 nitrogen and oxygen atoms in total. The van der Waals surface area contributed by atoms with Gasteiger partial charge in [0.15, 0.2) is 12.7 Å². The van der Waals surface area contributed by atoms with Gasteiger partial charge in [0.2, 0.25) is 0 Å². The van der Waals surface area contributed by atoms with Crippen molar-refractivity contribution in [2.75, 3.05) is 11.9 Å². The topological polar surface area (TPSA) is 64.6 Å². The van der Waals surface area contributed by atoms with Gasteiger partial charge < -0.3 is 14.8 Å². The van der Waals surface area contributed by atoms with Gasteiger partial charge in [0.1, 0.15) is 17.4 Å². The quantitative estimate of drug-likeness (QED) is 0.814. The van der Waals surface area contributed by atoms with Crippen molar-refractivity contribution in [2.45, 2.75) is 20.0 Å². The molecule has 0 aliphatic heterocycles. The van der Waals surface area contributed by atoms with Crippen molar-refractivity contribution in [3.05, 3.63) is 59.7 Å². The van der Waals surface area contributed by atoms with E-state index in [9.17, 15) is 18.4 Å². The van der Waals surface area contributed by atoms with Crippen LogP contribution in [0.4, 0.5) is 14.5 Å². The Kier molecular flexibility index (Phi) is 6.05. The fraction of sp³-hybridized carbons (Fsp3) is 0.222. The minimum atomic E-state index is -0.977. The normalized spacial score (nSPS) is 11.5. The van der Waals surface area contributed by atoms with E-state index in [1.54, 1.807) is 13.0 Å². The van der Waals surface area contributed by atoms with Crippen molar-refractivity contribution in [1.29, 1.82) is 0 Å². The summed E-state index contributed by atoms with van der Waals surface area (Å²) in [4.78, 5) is 23.5. The highest BCUT2D eigenvalue weighted by Crippen LogP contribution is 2.14. The van der Waals surface area contributed by atoms with Gasteiger partial charge in [-0.05, 0) is 55.8 Å². The van der Waals surface area contributed by atoms with E-state index in [1.807, 2.05) is 0 Å². The van der Waals surface area contributed by atoms with Crippen LogP contribution in [-0.4, -0.2) is 24.6 Å². The molecule has 1 N–H and O–H groups in total. The summed E-state index contributed by atoms with van der Waals surface area (Å²) in [7, 11) is 0. The van der Waals surface area contributed by atoms with E-state index < -0.39 is 36.2 Å². The maximum absolute atomic E-state index is 13.4. The van der Waals surface area contributed by atoms with Crippen LogP contribution in [0.1, 0.15) is 12.5 Å². The molecule has 0 bridgehead atoms. The van der Waals surface area contributed by atoms with E-state index in [1.165, 1.54) is 43.3 Å². The van der Waals surface area contributed by atoms with Gasteiger partial charge in [-0.15, -0.1) is 0 Å². The maximum Gasteiger partial charge on any atom is 0.347 e. The summed E-state index contributed by atoms with van der Waals surface area (Å²) < 4.78 is 36.3. The number of rotatable bonds is 6. The molecule has 2 rings (SSSR count). The Hall–Kier alpha value is -2.96. The minimum absolute atomic E-state index is 0.264. The number of aryl methyl sites for hydroxylation is 1. The third kappa shape index (κ3) is 5.56. The second-order valence-corrected chi connectivity index (χ2v) is 5.33. The van der Waals surface area contributed by atoms with Crippen molar-refractivity contribution in [3.63, 3.8) is 0 Å². The zero-order chi connectivity index (χ0) is 18.4. The van der Waals surface area contributed by atoms with E-state index in [0.29, 0.717) is 11.3 Å².